The zero-order chi connectivity index (χ0) is 88.5. The zero-order valence-electron chi connectivity index (χ0n) is 72.9. The SMILES string of the molecule is c1ccc(-c2cc(-c3ccccc3)cc(-n3c4ccccc4c4cc5c6c7sc8ccccc8c7ccc6n(-c6ccccc6)c5cc43)c2)cc1.c1ccc(-c2cccc(-n3c4ccccc4c4cc5c6c7sc8ccccc8c7ccc6n(-c6ccccc6)c5cc43)c2)cc1.c1ccc(-n2c3ccccc3c3cc4c5c6sc7ccccc7c6ccc5n(-c5ccccc5)c4cc32)cc1. The molecule has 0 atom stereocenters. The molecule has 0 bridgehead atoms. The molecule has 0 N–H and O–H groups in total. The van der Waals surface area contributed by atoms with Crippen molar-refractivity contribution >= 4 is 225 Å². The van der Waals surface area contributed by atoms with Gasteiger partial charge in [0.05, 0.1) is 66.2 Å². The van der Waals surface area contributed by atoms with Crippen molar-refractivity contribution in [2.24, 2.45) is 0 Å². The van der Waals surface area contributed by atoms with E-state index in [1.165, 1.54) is 242 Å². The number of para-hydroxylation sites is 7. The minimum absolute atomic E-state index is 1.15. The Hall–Kier alpha value is -16.9. The smallest absolute Gasteiger partial charge is 0.0562 e. The molecule has 0 aliphatic rings. The maximum Gasteiger partial charge on any atom is 0.0562 e. The fourth-order valence-electron chi connectivity index (χ4n) is 22.0. The van der Waals surface area contributed by atoms with Gasteiger partial charge in [0, 0.05) is 159 Å². The van der Waals surface area contributed by atoms with E-state index in [9.17, 15) is 0 Å². The lowest BCUT2D eigenvalue weighted by Crippen LogP contribution is -1.97. The lowest BCUT2D eigenvalue weighted by Gasteiger charge is -2.14. The van der Waals surface area contributed by atoms with Gasteiger partial charge in [0.2, 0.25) is 0 Å². The van der Waals surface area contributed by atoms with Gasteiger partial charge in [-0.15, -0.1) is 34.0 Å². The van der Waals surface area contributed by atoms with Crippen LogP contribution in [0.25, 0.3) is 259 Å². The van der Waals surface area contributed by atoms with Crippen molar-refractivity contribution in [3.05, 3.63) is 473 Å². The number of hydrogen-bond donors (Lipinski definition) is 0. The molecule has 0 aliphatic carbocycles. The second-order valence-electron chi connectivity index (χ2n) is 35.3. The summed E-state index contributed by atoms with van der Waals surface area (Å²) < 4.78 is 22.7. The van der Waals surface area contributed by atoms with Crippen LogP contribution in [0.5, 0.6) is 0 Å². The Morgan fingerprint density at radius 3 is 0.704 bits per heavy atom. The predicted octanol–water partition coefficient (Wildman–Crippen LogP) is 35.7. The first-order valence-electron chi connectivity index (χ1n) is 46.1. The van der Waals surface area contributed by atoms with Crippen LogP contribution in [0.15, 0.2) is 473 Å². The van der Waals surface area contributed by atoms with Crippen LogP contribution in [0.2, 0.25) is 0 Å². The standard InChI is InChI=1S/C48H30N2S.C42H26N2S.C36H22N2S/c1-4-14-31(15-5-1)33-26-34(32-16-6-2-7-17-32)28-36(27-33)50-42-22-12-10-20-37(42)40-29-41-45(30-44(40)50)49(35-18-8-3-9-19-35)43-25-24-39-38-21-11-13-23-46(38)51-48(39)47(41)43;1-3-12-27(13-4-1)28-14-11-17-30(24-28)44-36-20-9-7-18-31(36)34-25-35-39(26-38(34)44)43(29-15-5-2-6-16-29)37-23-22-33-32-19-8-10-21-40(32)45-42(33)41(35)37;1-3-11-23(12-4-1)37-30-17-9-7-15-25(30)28-21-29-33(22-32(28)37)38(24-13-5-2-6-14-24)31-20-19-27-26-16-8-10-18-34(26)39-36(27)35(29)31/h1-30H;1-26H;1-22H. The van der Waals surface area contributed by atoms with Crippen molar-refractivity contribution in [1.29, 1.82) is 0 Å². The van der Waals surface area contributed by atoms with Crippen molar-refractivity contribution in [2.45, 2.75) is 0 Å². The summed E-state index contributed by atoms with van der Waals surface area (Å²) in [6, 6.07) is 173. The van der Waals surface area contributed by atoms with E-state index in [0.29, 0.717) is 0 Å². The fraction of sp³-hybridized carbons (Fsp3) is 0. The lowest BCUT2D eigenvalue weighted by molar-refractivity contribution is 1.16. The van der Waals surface area contributed by atoms with Gasteiger partial charge >= 0.3 is 0 Å². The second-order valence-corrected chi connectivity index (χ2v) is 38.4. The Morgan fingerprint density at radius 1 is 0.119 bits per heavy atom. The van der Waals surface area contributed by atoms with Gasteiger partial charge in [-0.25, -0.2) is 0 Å². The molecule has 0 unspecified atom stereocenters. The summed E-state index contributed by atoms with van der Waals surface area (Å²) in [7, 11) is 0. The van der Waals surface area contributed by atoms with Crippen LogP contribution < -0.4 is 0 Å². The Labute approximate surface area is 787 Å². The Bertz CT molecular complexity index is 9990. The number of nitrogens with zero attached hydrogens (tertiary/aromatic N) is 6. The van der Waals surface area contributed by atoms with Crippen LogP contribution in [0.3, 0.4) is 0 Å². The summed E-state index contributed by atoms with van der Waals surface area (Å²) in [6.07, 6.45) is 0. The molecule has 0 fully saturated rings. The van der Waals surface area contributed by atoms with Crippen molar-refractivity contribution in [3.8, 4) is 67.5 Å². The predicted molar refractivity (Wildman–Crippen MR) is 580 cm³/mol. The third-order valence-corrected chi connectivity index (χ3v) is 31.5. The third kappa shape index (κ3) is 12.1. The van der Waals surface area contributed by atoms with E-state index in [2.05, 4.69) is 501 Å². The van der Waals surface area contributed by atoms with E-state index in [1.54, 1.807) is 0 Å². The van der Waals surface area contributed by atoms with E-state index >= 15 is 0 Å². The van der Waals surface area contributed by atoms with Gasteiger partial charge < -0.3 is 27.4 Å². The summed E-state index contributed by atoms with van der Waals surface area (Å²) in [6.45, 7) is 0. The molecule has 0 spiro atoms. The van der Waals surface area contributed by atoms with Gasteiger partial charge in [0.25, 0.3) is 0 Å². The van der Waals surface area contributed by atoms with Crippen molar-refractivity contribution in [1.82, 2.24) is 27.4 Å². The number of benzene rings is 21. The quantitative estimate of drug-likeness (QED) is 0.138. The minimum Gasteiger partial charge on any atom is -0.309 e. The molecule has 9 heteroatoms. The Kier molecular flexibility index (Phi) is 17.6. The second kappa shape index (κ2) is 30.9. The molecule has 30 aromatic rings. The monoisotopic (exact) mass is 1770 g/mol. The van der Waals surface area contributed by atoms with Crippen molar-refractivity contribution < 1.29 is 0 Å². The number of rotatable bonds is 9. The highest BCUT2D eigenvalue weighted by atomic mass is 32.1. The van der Waals surface area contributed by atoms with Gasteiger partial charge in [0.15, 0.2) is 0 Å². The largest absolute Gasteiger partial charge is 0.309 e. The molecule has 9 aromatic heterocycles. The first-order valence-corrected chi connectivity index (χ1v) is 48.5. The van der Waals surface area contributed by atoms with Crippen LogP contribution in [-0.4, -0.2) is 27.4 Å². The molecule has 630 valence electrons. The van der Waals surface area contributed by atoms with Crippen molar-refractivity contribution in [2.75, 3.05) is 0 Å². The first kappa shape index (κ1) is 76.9. The maximum absolute atomic E-state index is 2.48. The Balaban J connectivity index is 0.000000101. The third-order valence-electron chi connectivity index (χ3n) is 27.9. The topological polar surface area (TPSA) is 29.6 Å². The highest BCUT2D eigenvalue weighted by Crippen LogP contribution is 2.52. The summed E-state index contributed by atoms with van der Waals surface area (Å²) >= 11 is 5.72. The lowest BCUT2D eigenvalue weighted by atomic mass is 9.98. The summed E-state index contributed by atoms with van der Waals surface area (Å²) in [5, 5.41) is 23.5. The molecular weight excluding hydrogens is 1690 g/mol. The average molecular weight is 1770 g/mol. The van der Waals surface area contributed by atoms with Crippen molar-refractivity contribution in [3.63, 3.8) is 0 Å². The normalized spacial score (nSPS) is 12.0. The highest BCUT2D eigenvalue weighted by Gasteiger charge is 2.27. The highest BCUT2D eigenvalue weighted by molar-refractivity contribution is 7.27. The maximum atomic E-state index is 2.48. The first-order chi connectivity index (χ1) is 67.0. The molecule has 0 saturated heterocycles. The van der Waals surface area contributed by atoms with Gasteiger partial charge in [-0.3, -0.25) is 0 Å². The number of aromatic nitrogens is 6. The van der Waals surface area contributed by atoms with Crippen LogP contribution in [0, 0.1) is 0 Å². The van der Waals surface area contributed by atoms with Gasteiger partial charge in [-0.1, -0.05) is 303 Å². The minimum atomic E-state index is 1.15. The van der Waals surface area contributed by atoms with E-state index in [1.807, 2.05) is 34.0 Å². The number of fused-ring (bicyclic) bond motifs is 30. The molecule has 9 heterocycles. The molecule has 0 radical (unpaired) electrons. The van der Waals surface area contributed by atoms with Gasteiger partial charge in [-0.05, 0) is 203 Å². The molecule has 0 amide bonds. The molecular formula is C126H78N6S3. The summed E-state index contributed by atoms with van der Waals surface area (Å²) in [5.74, 6) is 0. The molecule has 135 heavy (non-hydrogen) atoms. The summed E-state index contributed by atoms with van der Waals surface area (Å²) in [5.41, 5.74) is 28.9. The molecule has 30 rings (SSSR count). The van der Waals surface area contributed by atoms with E-state index < -0.39 is 0 Å². The van der Waals surface area contributed by atoms with Crippen LogP contribution in [0.4, 0.5) is 0 Å². The van der Waals surface area contributed by atoms with Crippen LogP contribution >= 0.6 is 34.0 Å². The molecule has 21 aromatic carbocycles. The van der Waals surface area contributed by atoms with Crippen LogP contribution in [0.1, 0.15) is 0 Å². The summed E-state index contributed by atoms with van der Waals surface area (Å²) in [4.78, 5) is 0. The fourth-order valence-corrected chi connectivity index (χ4v) is 25.8. The number of thiophene rings is 3. The molecule has 6 nitrogen and oxygen atoms in total. The average Bonchev–Trinajstić information content (AvgIpc) is 1.55. The van der Waals surface area contributed by atoms with Gasteiger partial charge in [-0.2, -0.15) is 0 Å². The van der Waals surface area contributed by atoms with E-state index in [0.717, 1.165) is 17.1 Å². The van der Waals surface area contributed by atoms with Crippen LogP contribution in [-0.2, 0) is 0 Å². The van der Waals surface area contributed by atoms with E-state index in [4.69, 9.17) is 0 Å². The number of hydrogen-bond acceptors (Lipinski definition) is 3. The zero-order valence-corrected chi connectivity index (χ0v) is 75.4. The Morgan fingerprint density at radius 2 is 0.363 bits per heavy atom. The van der Waals surface area contributed by atoms with Gasteiger partial charge in [0.1, 0.15) is 0 Å². The molecule has 0 saturated carbocycles. The molecule has 0 aliphatic heterocycles. The van der Waals surface area contributed by atoms with E-state index in [-0.39, 0.29) is 0 Å².